The number of hydrogen-bond acceptors (Lipinski definition) is 8. The van der Waals surface area contributed by atoms with Crippen LogP contribution >= 0.6 is 34.4 Å². The van der Waals surface area contributed by atoms with Crippen LogP contribution in [0, 0.1) is 6.92 Å². The van der Waals surface area contributed by atoms with Crippen LogP contribution in [0.15, 0.2) is 69.5 Å². The van der Waals surface area contributed by atoms with Gasteiger partial charge in [-0.05, 0) is 52.4 Å². The average Bonchev–Trinajstić information content (AvgIpc) is 3.58. The van der Waals surface area contributed by atoms with Crippen molar-refractivity contribution in [2.75, 3.05) is 5.75 Å². The van der Waals surface area contributed by atoms with Gasteiger partial charge >= 0.3 is 0 Å². The van der Waals surface area contributed by atoms with Gasteiger partial charge in [0.2, 0.25) is 5.16 Å². The smallest absolute Gasteiger partial charge is 0.253 e. The molecule has 1 amide bonds. The summed E-state index contributed by atoms with van der Waals surface area (Å²) in [6.45, 7) is 2.03. The highest BCUT2D eigenvalue weighted by Crippen LogP contribution is 2.36. The first-order valence-corrected chi connectivity index (χ1v) is 12.4. The molecule has 31 heavy (non-hydrogen) atoms. The molecule has 0 aliphatic carbocycles. The summed E-state index contributed by atoms with van der Waals surface area (Å²) in [6.07, 6.45) is 0.721. The van der Waals surface area contributed by atoms with Crippen LogP contribution in [0.5, 0.6) is 0 Å². The molecule has 3 aromatic heterocycles. The Bertz CT molecular complexity index is 1200. The maximum atomic E-state index is 13.2. The molecule has 0 saturated heterocycles. The van der Waals surface area contributed by atoms with Gasteiger partial charge in [-0.25, -0.2) is 5.01 Å². The van der Waals surface area contributed by atoms with E-state index in [-0.39, 0.29) is 17.7 Å². The molecule has 10 heteroatoms. The zero-order valence-electron chi connectivity index (χ0n) is 16.6. The van der Waals surface area contributed by atoms with Crippen molar-refractivity contribution < 1.29 is 4.79 Å². The fourth-order valence-electron chi connectivity index (χ4n) is 3.34. The highest BCUT2D eigenvalue weighted by molar-refractivity contribution is 7.99. The quantitative estimate of drug-likeness (QED) is 0.389. The number of aromatic nitrogens is 4. The minimum Gasteiger partial charge on any atom is -0.272 e. The lowest BCUT2D eigenvalue weighted by molar-refractivity contribution is -0.130. The van der Waals surface area contributed by atoms with Gasteiger partial charge in [-0.2, -0.15) is 9.78 Å². The van der Waals surface area contributed by atoms with Crippen LogP contribution in [-0.2, 0) is 4.79 Å². The minimum absolute atomic E-state index is 0.0617. The second-order valence-electron chi connectivity index (χ2n) is 7.00. The number of tetrazole rings is 1. The number of rotatable bonds is 6. The Morgan fingerprint density at radius 1 is 1.13 bits per heavy atom. The first-order valence-electron chi connectivity index (χ1n) is 9.64. The van der Waals surface area contributed by atoms with E-state index in [4.69, 9.17) is 5.10 Å². The molecule has 0 radical (unpaired) electrons. The number of hydrogen-bond donors (Lipinski definition) is 0. The lowest BCUT2D eigenvalue weighted by Crippen LogP contribution is -2.28. The number of aryl methyl sites for hydroxylation is 1. The predicted octanol–water partition coefficient (Wildman–Crippen LogP) is 4.56. The number of hydrazone groups is 1. The molecule has 0 bridgehead atoms. The summed E-state index contributed by atoms with van der Waals surface area (Å²) in [5, 5.41) is 22.9. The number of carbonyl (C=O) groups is 1. The van der Waals surface area contributed by atoms with Gasteiger partial charge in [0.05, 0.1) is 28.1 Å². The van der Waals surface area contributed by atoms with Crippen molar-refractivity contribution in [1.29, 1.82) is 0 Å². The van der Waals surface area contributed by atoms with Crippen LogP contribution in [0.2, 0.25) is 0 Å². The van der Waals surface area contributed by atoms with Gasteiger partial charge in [0, 0.05) is 11.3 Å². The average molecular weight is 467 g/mol. The van der Waals surface area contributed by atoms with E-state index in [0.29, 0.717) is 5.16 Å². The van der Waals surface area contributed by atoms with E-state index in [1.807, 2.05) is 60.1 Å². The van der Waals surface area contributed by atoms with E-state index in [0.717, 1.165) is 33.1 Å². The highest BCUT2D eigenvalue weighted by atomic mass is 32.2. The first-order chi connectivity index (χ1) is 15.2. The van der Waals surface area contributed by atoms with Crippen LogP contribution in [0.4, 0.5) is 0 Å². The molecule has 0 spiro atoms. The summed E-state index contributed by atoms with van der Waals surface area (Å²) < 4.78 is 1.65. The van der Waals surface area contributed by atoms with Gasteiger partial charge in [-0.15, -0.1) is 27.8 Å². The zero-order chi connectivity index (χ0) is 21.2. The van der Waals surface area contributed by atoms with E-state index < -0.39 is 0 Å². The topological polar surface area (TPSA) is 76.3 Å². The molecule has 0 unspecified atom stereocenters. The van der Waals surface area contributed by atoms with E-state index >= 15 is 0 Å². The maximum absolute atomic E-state index is 13.2. The number of carbonyl (C=O) groups excluding carboxylic acids is 1. The van der Waals surface area contributed by atoms with Crippen molar-refractivity contribution in [1.82, 2.24) is 25.2 Å². The van der Waals surface area contributed by atoms with Crippen LogP contribution in [0.25, 0.3) is 5.69 Å². The fraction of sp³-hybridized carbons (Fsp3) is 0.190. The summed E-state index contributed by atoms with van der Waals surface area (Å²) in [7, 11) is 0. The van der Waals surface area contributed by atoms with Crippen molar-refractivity contribution >= 4 is 46.1 Å². The normalized spacial score (nSPS) is 16.0. The fourth-order valence-corrected chi connectivity index (χ4v) is 5.62. The summed E-state index contributed by atoms with van der Waals surface area (Å²) in [4.78, 5) is 15.4. The lowest BCUT2D eigenvalue weighted by atomic mass is 10.1. The third-order valence-electron chi connectivity index (χ3n) is 4.89. The predicted molar refractivity (Wildman–Crippen MR) is 124 cm³/mol. The van der Waals surface area contributed by atoms with Crippen LogP contribution in [0.1, 0.15) is 27.8 Å². The standard InChI is InChI=1S/C21H18N6OS3/c1-14-6-8-15(9-7-14)26-21(22-24-25-26)31-13-20(28)27-17(19-5-3-11-30-19)12-16(23-27)18-4-2-10-29-18/h2-11,17H,12-13H2,1H3/t17-/m1/s1. The maximum Gasteiger partial charge on any atom is 0.253 e. The Hall–Kier alpha value is -2.82. The van der Waals surface area contributed by atoms with Gasteiger partial charge in [-0.3, -0.25) is 4.79 Å². The molecule has 0 fully saturated rings. The number of thiophene rings is 2. The molecule has 5 rings (SSSR count). The van der Waals surface area contributed by atoms with Gasteiger partial charge in [0.25, 0.3) is 5.91 Å². The molecule has 1 aliphatic heterocycles. The molecular weight excluding hydrogens is 448 g/mol. The molecule has 1 atom stereocenters. The molecule has 0 saturated carbocycles. The van der Waals surface area contributed by atoms with Crippen molar-refractivity contribution in [2.45, 2.75) is 24.5 Å². The summed E-state index contributed by atoms with van der Waals surface area (Å²) in [6, 6.07) is 16.0. The van der Waals surface area contributed by atoms with Gasteiger partial charge < -0.3 is 0 Å². The SMILES string of the molecule is Cc1ccc(-n2nnnc2SCC(=O)N2N=C(c3cccs3)C[C@@H]2c2cccs2)cc1. The van der Waals surface area contributed by atoms with Crippen molar-refractivity contribution in [3.05, 3.63) is 74.6 Å². The van der Waals surface area contributed by atoms with Gasteiger partial charge in [0.1, 0.15) is 0 Å². The number of nitrogens with zero attached hydrogens (tertiary/aromatic N) is 6. The molecule has 4 heterocycles. The largest absolute Gasteiger partial charge is 0.272 e. The number of amides is 1. The Morgan fingerprint density at radius 3 is 2.68 bits per heavy atom. The Labute approximate surface area is 191 Å². The second kappa shape index (κ2) is 8.74. The first kappa shape index (κ1) is 20.1. The number of benzene rings is 1. The van der Waals surface area contributed by atoms with E-state index in [9.17, 15) is 4.79 Å². The summed E-state index contributed by atoms with van der Waals surface area (Å²) in [5.74, 6) is 0.142. The third-order valence-corrected chi connectivity index (χ3v) is 7.68. The Balaban J connectivity index is 1.34. The molecule has 0 N–H and O–H groups in total. The van der Waals surface area contributed by atoms with Gasteiger partial charge in [-0.1, -0.05) is 41.6 Å². The second-order valence-corrected chi connectivity index (χ2v) is 9.86. The molecule has 1 aliphatic rings. The monoisotopic (exact) mass is 466 g/mol. The Kier molecular flexibility index (Phi) is 5.66. The molecule has 1 aromatic carbocycles. The summed E-state index contributed by atoms with van der Waals surface area (Å²) in [5.41, 5.74) is 2.98. The van der Waals surface area contributed by atoms with Gasteiger partial charge in [0.15, 0.2) is 0 Å². The van der Waals surface area contributed by atoms with Crippen molar-refractivity contribution in [3.8, 4) is 5.69 Å². The summed E-state index contributed by atoms with van der Waals surface area (Å²) >= 11 is 4.61. The van der Waals surface area contributed by atoms with E-state index in [2.05, 4.69) is 21.6 Å². The lowest BCUT2D eigenvalue weighted by Gasteiger charge is -2.20. The van der Waals surface area contributed by atoms with E-state index in [1.165, 1.54) is 11.8 Å². The molecule has 4 aromatic rings. The van der Waals surface area contributed by atoms with Crippen LogP contribution < -0.4 is 0 Å². The molecule has 156 valence electrons. The zero-order valence-corrected chi connectivity index (χ0v) is 19.0. The number of thioether (sulfide) groups is 1. The van der Waals surface area contributed by atoms with Crippen molar-refractivity contribution in [3.63, 3.8) is 0 Å². The third kappa shape index (κ3) is 4.18. The van der Waals surface area contributed by atoms with Crippen LogP contribution in [0.3, 0.4) is 0 Å². The van der Waals surface area contributed by atoms with E-state index in [1.54, 1.807) is 32.4 Å². The van der Waals surface area contributed by atoms with Crippen molar-refractivity contribution in [2.24, 2.45) is 5.10 Å². The highest BCUT2D eigenvalue weighted by Gasteiger charge is 2.34. The van der Waals surface area contributed by atoms with Crippen LogP contribution in [-0.4, -0.2) is 42.6 Å². The molecular formula is C21H18N6OS3. The molecule has 7 nitrogen and oxygen atoms in total. The minimum atomic E-state index is -0.0710. The Morgan fingerprint density at radius 2 is 1.94 bits per heavy atom.